The smallest absolute Gasteiger partial charge is 0.329 e. The second-order valence-corrected chi connectivity index (χ2v) is 8.33. The zero-order valence-electron chi connectivity index (χ0n) is 15.9. The van der Waals surface area contributed by atoms with E-state index in [4.69, 9.17) is 0 Å². The molecule has 0 atom stereocenters. The van der Waals surface area contributed by atoms with Crippen molar-refractivity contribution in [3.63, 3.8) is 0 Å². The number of carbonyl (C=O) groups excluding carboxylic acids is 1. The quantitative estimate of drug-likeness (QED) is 0.625. The van der Waals surface area contributed by atoms with Gasteiger partial charge in [-0.3, -0.25) is 4.79 Å². The highest BCUT2D eigenvalue weighted by molar-refractivity contribution is 7.17. The third-order valence-electron chi connectivity index (χ3n) is 5.37. The number of rotatable bonds is 5. The Morgan fingerprint density at radius 3 is 2.07 bits per heavy atom. The molecule has 0 spiro atoms. The zero-order valence-corrected chi connectivity index (χ0v) is 16.7. The number of nitrogens with zero attached hydrogens (tertiary/aromatic N) is 1. The first kappa shape index (κ1) is 19.3. The van der Waals surface area contributed by atoms with Crippen LogP contribution in [-0.4, -0.2) is 27.5 Å². The number of hydrogen-bond donors (Lipinski definition) is 2. The minimum absolute atomic E-state index is 0.286. The fourth-order valence-electron chi connectivity index (χ4n) is 3.81. The fraction of sp³-hybridized carbons (Fsp3) is 0.261. The van der Waals surface area contributed by atoms with Gasteiger partial charge in [0, 0.05) is 5.56 Å². The fourth-order valence-corrected chi connectivity index (χ4v) is 4.80. The number of benzene rings is 2. The van der Waals surface area contributed by atoms with Crippen LogP contribution in [0.15, 0.2) is 60.7 Å². The highest BCUT2D eigenvalue weighted by Gasteiger charge is 2.41. The maximum atomic E-state index is 13.0. The summed E-state index contributed by atoms with van der Waals surface area (Å²) in [4.78, 5) is 30.5. The summed E-state index contributed by atoms with van der Waals surface area (Å²) in [6.07, 6.45) is 3.51. The van der Waals surface area contributed by atoms with Gasteiger partial charge in [-0.05, 0) is 18.4 Å². The van der Waals surface area contributed by atoms with Crippen molar-refractivity contribution in [1.29, 1.82) is 0 Å². The van der Waals surface area contributed by atoms with Gasteiger partial charge >= 0.3 is 5.97 Å². The molecule has 0 unspecified atom stereocenters. The van der Waals surface area contributed by atoms with Crippen molar-refractivity contribution < 1.29 is 14.7 Å². The molecule has 0 bridgehead atoms. The first-order chi connectivity index (χ1) is 14.1. The predicted octanol–water partition coefficient (Wildman–Crippen LogP) is 4.99. The van der Waals surface area contributed by atoms with Crippen LogP contribution in [0.3, 0.4) is 0 Å². The van der Waals surface area contributed by atoms with Gasteiger partial charge < -0.3 is 10.4 Å². The number of aromatic nitrogens is 1. The third kappa shape index (κ3) is 3.93. The molecule has 148 valence electrons. The molecule has 5 nitrogen and oxygen atoms in total. The third-order valence-corrected chi connectivity index (χ3v) is 6.48. The van der Waals surface area contributed by atoms with E-state index >= 15 is 0 Å². The van der Waals surface area contributed by atoms with E-state index in [0.29, 0.717) is 12.8 Å². The summed E-state index contributed by atoms with van der Waals surface area (Å²) < 4.78 is 0. The summed E-state index contributed by atoms with van der Waals surface area (Å²) in [5.74, 6) is -1.38. The van der Waals surface area contributed by atoms with E-state index in [2.05, 4.69) is 10.3 Å². The predicted molar refractivity (Wildman–Crippen MR) is 114 cm³/mol. The second-order valence-electron chi connectivity index (χ2n) is 7.33. The maximum Gasteiger partial charge on any atom is 0.329 e. The van der Waals surface area contributed by atoms with Crippen LogP contribution in [0.25, 0.3) is 21.7 Å². The van der Waals surface area contributed by atoms with Crippen LogP contribution < -0.4 is 5.32 Å². The van der Waals surface area contributed by atoms with Crippen LogP contribution in [0.1, 0.15) is 41.9 Å². The highest BCUT2D eigenvalue weighted by atomic mass is 32.1. The Hall–Kier alpha value is -2.99. The van der Waals surface area contributed by atoms with Crippen molar-refractivity contribution in [2.24, 2.45) is 0 Å². The van der Waals surface area contributed by atoms with Crippen molar-refractivity contribution in [2.45, 2.75) is 37.6 Å². The van der Waals surface area contributed by atoms with Crippen molar-refractivity contribution >= 4 is 23.2 Å². The number of amides is 1. The zero-order chi connectivity index (χ0) is 20.3. The number of carbonyl (C=O) groups is 2. The molecule has 1 amide bonds. The number of hydrogen-bond acceptors (Lipinski definition) is 4. The van der Waals surface area contributed by atoms with Gasteiger partial charge in [0.25, 0.3) is 5.91 Å². The molecule has 1 saturated carbocycles. The van der Waals surface area contributed by atoms with Crippen LogP contribution in [0.4, 0.5) is 0 Å². The van der Waals surface area contributed by atoms with Crippen molar-refractivity contribution in [3.8, 4) is 21.7 Å². The van der Waals surface area contributed by atoms with Crippen LogP contribution in [-0.2, 0) is 4.79 Å². The lowest BCUT2D eigenvalue weighted by atomic mass is 9.81. The van der Waals surface area contributed by atoms with Gasteiger partial charge in [-0.2, -0.15) is 0 Å². The lowest BCUT2D eigenvalue weighted by molar-refractivity contribution is -0.145. The lowest BCUT2D eigenvalue weighted by Gasteiger charge is -2.33. The number of nitrogens with one attached hydrogen (secondary N) is 1. The van der Waals surface area contributed by atoms with E-state index in [1.807, 2.05) is 60.7 Å². The van der Waals surface area contributed by atoms with Crippen molar-refractivity contribution in [2.75, 3.05) is 0 Å². The molecule has 0 radical (unpaired) electrons. The number of carboxylic acid groups (broad SMARTS) is 1. The lowest BCUT2D eigenvalue weighted by Crippen LogP contribution is -2.55. The molecule has 1 aliphatic rings. The Balaban J connectivity index is 1.72. The summed E-state index contributed by atoms with van der Waals surface area (Å²) >= 11 is 1.30. The average Bonchev–Trinajstić information content (AvgIpc) is 3.21. The first-order valence-electron chi connectivity index (χ1n) is 9.77. The normalized spacial score (nSPS) is 15.6. The molecule has 29 heavy (non-hydrogen) atoms. The number of aliphatic carboxylic acids is 1. The Morgan fingerprint density at radius 2 is 1.48 bits per heavy atom. The minimum atomic E-state index is -1.19. The van der Waals surface area contributed by atoms with Crippen molar-refractivity contribution in [3.05, 3.63) is 65.7 Å². The molecule has 1 heterocycles. The van der Waals surface area contributed by atoms with Crippen LogP contribution in [0, 0.1) is 0 Å². The SMILES string of the molecule is O=C(NC1(C(=O)O)CCCCC1)c1nc(-c2ccccc2)c(-c2ccccc2)s1. The number of carboxylic acids is 1. The molecule has 1 fully saturated rings. The molecular weight excluding hydrogens is 384 g/mol. The van der Waals surface area contributed by atoms with Crippen LogP contribution in [0.5, 0.6) is 0 Å². The Labute approximate surface area is 173 Å². The van der Waals surface area contributed by atoms with E-state index in [1.165, 1.54) is 11.3 Å². The summed E-state index contributed by atoms with van der Waals surface area (Å²) in [5, 5.41) is 12.9. The van der Waals surface area contributed by atoms with E-state index in [9.17, 15) is 14.7 Å². The van der Waals surface area contributed by atoms with E-state index in [-0.39, 0.29) is 5.01 Å². The van der Waals surface area contributed by atoms with E-state index in [1.54, 1.807) is 0 Å². The molecule has 0 saturated heterocycles. The standard InChI is InChI=1S/C23H22N2O3S/c26-20(25-23(22(27)28)14-8-3-9-15-23)21-24-18(16-10-4-1-5-11-16)19(29-21)17-12-6-2-7-13-17/h1-2,4-7,10-13H,3,8-9,14-15H2,(H,25,26)(H,27,28). The Bertz CT molecular complexity index is 952. The summed E-state index contributed by atoms with van der Waals surface area (Å²) in [7, 11) is 0. The molecule has 3 aromatic rings. The topological polar surface area (TPSA) is 79.3 Å². The first-order valence-corrected chi connectivity index (χ1v) is 10.6. The van der Waals surface area contributed by atoms with E-state index in [0.717, 1.165) is 41.0 Å². The highest BCUT2D eigenvalue weighted by Crippen LogP contribution is 2.37. The van der Waals surface area contributed by atoms with Crippen LogP contribution >= 0.6 is 11.3 Å². The average molecular weight is 407 g/mol. The molecule has 1 aliphatic carbocycles. The van der Waals surface area contributed by atoms with Crippen molar-refractivity contribution in [1.82, 2.24) is 10.3 Å². The molecule has 2 N–H and O–H groups in total. The largest absolute Gasteiger partial charge is 0.480 e. The molecule has 0 aliphatic heterocycles. The molecule has 1 aromatic heterocycles. The maximum absolute atomic E-state index is 13.0. The summed E-state index contributed by atoms with van der Waals surface area (Å²) in [6.45, 7) is 0. The van der Waals surface area contributed by atoms with Gasteiger partial charge in [0.2, 0.25) is 0 Å². The molecule has 6 heteroatoms. The summed E-state index contributed by atoms with van der Waals surface area (Å²) in [5.41, 5.74) is 1.45. The van der Waals surface area contributed by atoms with Gasteiger partial charge in [-0.25, -0.2) is 9.78 Å². The van der Waals surface area contributed by atoms with E-state index < -0.39 is 17.4 Å². The molecular formula is C23H22N2O3S. The second kappa shape index (κ2) is 8.17. The molecule has 2 aromatic carbocycles. The van der Waals surface area contributed by atoms with Gasteiger partial charge in [0.15, 0.2) is 5.01 Å². The van der Waals surface area contributed by atoms with Crippen LogP contribution in [0.2, 0.25) is 0 Å². The Morgan fingerprint density at radius 1 is 0.897 bits per heavy atom. The number of thiazole rings is 1. The molecule has 4 rings (SSSR count). The minimum Gasteiger partial charge on any atom is -0.480 e. The summed E-state index contributed by atoms with van der Waals surface area (Å²) in [6, 6.07) is 19.5. The van der Waals surface area contributed by atoms with Gasteiger partial charge in [-0.1, -0.05) is 79.9 Å². The van der Waals surface area contributed by atoms with Gasteiger partial charge in [0.05, 0.1) is 10.6 Å². The van der Waals surface area contributed by atoms with Gasteiger partial charge in [0.1, 0.15) is 5.54 Å². The Kier molecular flexibility index (Phi) is 5.45. The monoisotopic (exact) mass is 406 g/mol. The van der Waals surface area contributed by atoms with Gasteiger partial charge in [-0.15, -0.1) is 11.3 Å².